The number of likely N-dealkylation sites (tertiary alicyclic amines) is 1. The first kappa shape index (κ1) is 16.4. The highest BCUT2D eigenvalue weighted by Gasteiger charge is 2.23. The molecule has 1 rings (SSSR count). The topological polar surface area (TPSA) is 32.8 Å². The Morgan fingerprint density at radius 1 is 1.26 bits per heavy atom. The number of nitrogens with zero attached hydrogens (tertiary/aromatic N) is 2. The molecule has 19 heavy (non-hydrogen) atoms. The maximum atomic E-state index is 11.9. The van der Waals surface area contributed by atoms with Crippen molar-refractivity contribution in [1.29, 1.82) is 0 Å². The molecule has 4 heteroatoms. The molecule has 1 saturated heterocycles. The number of piperidine rings is 1. The maximum absolute atomic E-state index is 11.9. The van der Waals surface area contributed by atoms with E-state index in [0.29, 0.717) is 0 Å². The Hall–Kier alpha value is -0.610. The summed E-state index contributed by atoms with van der Waals surface area (Å²) in [5.74, 6) is 0.893. The molecule has 0 bridgehead atoms. The van der Waals surface area contributed by atoms with E-state index in [1.807, 2.05) is 18.7 Å². The molecule has 0 unspecified atom stereocenters. The Labute approximate surface area is 118 Å². The van der Waals surface area contributed by atoms with Gasteiger partial charge in [-0.3, -0.25) is 4.79 Å². The van der Waals surface area contributed by atoms with Gasteiger partial charge < -0.3 is 14.5 Å². The second kappa shape index (κ2) is 8.54. The molecule has 0 aliphatic carbocycles. The van der Waals surface area contributed by atoms with Gasteiger partial charge >= 0.3 is 0 Å². The van der Waals surface area contributed by atoms with E-state index in [9.17, 15) is 4.79 Å². The predicted octanol–water partition coefficient (Wildman–Crippen LogP) is 1.99. The molecule has 112 valence electrons. The zero-order valence-corrected chi connectivity index (χ0v) is 13.0. The van der Waals surface area contributed by atoms with Crippen LogP contribution in [0.1, 0.15) is 40.5 Å². The van der Waals surface area contributed by atoms with Gasteiger partial charge in [-0.2, -0.15) is 0 Å². The average Bonchev–Trinajstić information content (AvgIpc) is 2.42. The number of carbonyl (C=O) groups is 1. The first-order chi connectivity index (χ1) is 9.06. The summed E-state index contributed by atoms with van der Waals surface area (Å²) in [4.78, 5) is 16.4. The Bertz CT molecular complexity index is 257. The predicted molar refractivity (Wildman–Crippen MR) is 78.2 cm³/mol. The molecule has 0 radical (unpaired) electrons. The summed E-state index contributed by atoms with van der Waals surface area (Å²) in [6, 6.07) is 0. The summed E-state index contributed by atoms with van der Waals surface area (Å²) in [7, 11) is 0. The van der Waals surface area contributed by atoms with Gasteiger partial charge in [0.1, 0.15) is 6.61 Å². The molecule has 0 N–H and O–H groups in total. The lowest BCUT2D eigenvalue weighted by Crippen LogP contribution is -2.43. The highest BCUT2D eigenvalue weighted by Crippen LogP contribution is 2.18. The van der Waals surface area contributed by atoms with E-state index < -0.39 is 0 Å². The minimum atomic E-state index is 0.129. The van der Waals surface area contributed by atoms with Crippen LogP contribution in [0.25, 0.3) is 0 Å². The third-order valence-electron chi connectivity index (χ3n) is 3.92. The molecule has 1 aliphatic rings. The number of carbonyl (C=O) groups excluding carboxylic acids is 1. The molecule has 0 spiro atoms. The van der Waals surface area contributed by atoms with Crippen molar-refractivity contribution in [1.82, 2.24) is 9.80 Å². The largest absolute Gasteiger partial charge is 0.369 e. The molecule has 4 nitrogen and oxygen atoms in total. The fourth-order valence-corrected chi connectivity index (χ4v) is 2.54. The number of ether oxygens (including phenoxy) is 1. The third-order valence-corrected chi connectivity index (χ3v) is 3.92. The number of amides is 1. The minimum absolute atomic E-state index is 0.129. The first-order valence-electron chi connectivity index (χ1n) is 7.68. The lowest BCUT2D eigenvalue weighted by molar-refractivity contribution is -0.139. The first-order valence-corrected chi connectivity index (χ1v) is 7.68. The molecule has 1 amide bonds. The van der Waals surface area contributed by atoms with E-state index in [-0.39, 0.29) is 18.6 Å². The van der Waals surface area contributed by atoms with Crippen molar-refractivity contribution < 1.29 is 9.53 Å². The Kier molecular flexibility index (Phi) is 7.39. The maximum Gasteiger partial charge on any atom is 0.248 e. The SMILES string of the molecule is CCN(CC)CC1CCN(C(=O)COC(C)C)CC1. The smallest absolute Gasteiger partial charge is 0.248 e. The van der Waals surface area contributed by atoms with Crippen molar-refractivity contribution in [3.8, 4) is 0 Å². The molecule has 1 heterocycles. The molecule has 0 atom stereocenters. The number of hydrogen-bond acceptors (Lipinski definition) is 3. The van der Waals surface area contributed by atoms with Crippen molar-refractivity contribution in [3.63, 3.8) is 0 Å². The minimum Gasteiger partial charge on any atom is -0.369 e. The summed E-state index contributed by atoms with van der Waals surface area (Å²) in [5, 5.41) is 0. The van der Waals surface area contributed by atoms with E-state index in [0.717, 1.165) is 44.9 Å². The fraction of sp³-hybridized carbons (Fsp3) is 0.933. The van der Waals surface area contributed by atoms with Crippen LogP contribution in [0.5, 0.6) is 0 Å². The van der Waals surface area contributed by atoms with Crippen LogP contribution in [0.4, 0.5) is 0 Å². The summed E-state index contributed by atoms with van der Waals surface area (Å²) in [5.41, 5.74) is 0. The standard InChI is InChI=1S/C15H30N2O2/c1-5-16(6-2)11-14-7-9-17(10-8-14)15(18)12-19-13(3)4/h13-14H,5-12H2,1-4H3. The van der Waals surface area contributed by atoms with Crippen molar-refractivity contribution in [2.75, 3.05) is 39.3 Å². The van der Waals surface area contributed by atoms with Crippen LogP contribution in [0.2, 0.25) is 0 Å². The molecular formula is C15H30N2O2. The fourth-order valence-electron chi connectivity index (χ4n) is 2.54. The van der Waals surface area contributed by atoms with Crippen molar-refractivity contribution in [2.24, 2.45) is 5.92 Å². The summed E-state index contributed by atoms with van der Waals surface area (Å²) < 4.78 is 5.38. The lowest BCUT2D eigenvalue weighted by atomic mass is 9.96. The van der Waals surface area contributed by atoms with Crippen LogP contribution in [-0.2, 0) is 9.53 Å². The van der Waals surface area contributed by atoms with E-state index in [4.69, 9.17) is 4.74 Å². The van der Waals surface area contributed by atoms with Crippen LogP contribution in [0.3, 0.4) is 0 Å². The molecule has 0 aromatic carbocycles. The van der Waals surface area contributed by atoms with Crippen LogP contribution in [0, 0.1) is 5.92 Å². The van der Waals surface area contributed by atoms with Gasteiger partial charge in [0.15, 0.2) is 0 Å². The highest BCUT2D eigenvalue weighted by atomic mass is 16.5. The average molecular weight is 270 g/mol. The van der Waals surface area contributed by atoms with Crippen molar-refractivity contribution in [3.05, 3.63) is 0 Å². The Balaban J connectivity index is 2.26. The zero-order chi connectivity index (χ0) is 14.3. The van der Waals surface area contributed by atoms with E-state index in [1.54, 1.807) is 0 Å². The normalized spacial score (nSPS) is 17.5. The molecular weight excluding hydrogens is 240 g/mol. The highest BCUT2D eigenvalue weighted by molar-refractivity contribution is 5.77. The van der Waals surface area contributed by atoms with E-state index >= 15 is 0 Å². The van der Waals surface area contributed by atoms with Gasteiger partial charge in [0.05, 0.1) is 6.10 Å². The Morgan fingerprint density at radius 2 is 1.84 bits per heavy atom. The number of hydrogen-bond donors (Lipinski definition) is 0. The molecule has 1 fully saturated rings. The van der Waals surface area contributed by atoms with Crippen LogP contribution < -0.4 is 0 Å². The van der Waals surface area contributed by atoms with Gasteiger partial charge in [0.2, 0.25) is 5.91 Å². The summed E-state index contributed by atoms with van der Waals surface area (Å²) in [6.07, 6.45) is 2.39. The van der Waals surface area contributed by atoms with Crippen LogP contribution >= 0.6 is 0 Å². The van der Waals surface area contributed by atoms with Gasteiger partial charge in [-0.25, -0.2) is 0 Å². The van der Waals surface area contributed by atoms with Gasteiger partial charge in [-0.05, 0) is 45.7 Å². The van der Waals surface area contributed by atoms with Gasteiger partial charge in [-0.15, -0.1) is 0 Å². The van der Waals surface area contributed by atoms with E-state index in [1.165, 1.54) is 6.54 Å². The molecule has 0 aromatic rings. The number of rotatable bonds is 7. The third kappa shape index (κ3) is 5.91. The van der Waals surface area contributed by atoms with Crippen molar-refractivity contribution in [2.45, 2.75) is 46.6 Å². The molecule has 0 aromatic heterocycles. The van der Waals surface area contributed by atoms with Crippen molar-refractivity contribution >= 4 is 5.91 Å². The monoisotopic (exact) mass is 270 g/mol. The Morgan fingerprint density at radius 3 is 2.32 bits per heavy atom. The van der Waals surface area contributed by atoms with Gasteiger partial charge in [-0.1, -0.05) is 13.8 Å². The summed E-state index contributed by atoms with van der Waals surface area (Å²) >= 11 is 0. The summed E-state index contributed by atoms with van der Waals surface area (Å²) in [6.45, 7) is 13.8. The second-order valence-corrected chi connectivity index (χ2v) is 5.67. The van der Waals surface area contributed by atoms with Gasteiger partial charge in [0.25, 0.3) is 0 Å². The van der Waals surface area contributed by atoms with Crippen LogP contribution in [0.15, 0.2) is 0 Å². The van der Waals surface area contributed by atoms with Crippen LogP contribution in [-0.4, -0.2) is 61.1 Å². The van der Waals surface area contributed by atoms with E-state index in [2.05, 4.69) is 18.7 Å². The second-order valence-electron chi connectivity index (χ2n) is 5.67. The lowest BCUT2D eigenvalue weighted by Gasteiger charge is -2.34. The zero-order valence-electron chi connectivity index (χ0n) is 13.0. The molecule has 0 saturated carbocycles. The quantitative estimate of drug-likeness (QED) is 0.709. The van der Waals surface area contributed by atoms with Gasteiger partial charge in [0, 0.05) is 19.6 Å². The molecule has 1 aliphatic heterocycles.